The number of halogens is 1. The van der Waals surface area contributed by atoms with Crippen LogP contribution < -0.4 is 5.32 Å². The highest BCUT2D eigenvalue weighted by Crippen LogP contribution is 2.29. The smallest absolute Gasteiger partial charge is 0.335 e. The van der Waals surface area contributed by atoms with E-state index in [0.717, 1.165) is 21.4 Å². The van der Waals surface area contributed by atoms with Crippen molar-refractivity contribution in [3.63, 3.8) is 0 Å². The zero-order valence-corrected chi connectivity index (χ0v) is 14.0. The molecule has 1 aromatic carbocycles. The van der Waals surface area contributed by atoms with E-state index in [1.54, 1.807) is 29.5 Å². The van der Waals surface area contributed by atoms with E-state index >= 15 is 0 Å². The number of aromatic carboxylic acids is 1. The van der Waals surface area contributed by atoms with Gasteiger partial charge in [0, 0.05) is 11.1 Å². The third-order valence-corrected chi connectivity index (χ3v) is 4.29. The van der Waals surface area contributed by atoms with E-state index in [1.165, 1.54) is 11.3 Å². The van der Waals surface area contributed by atoms with Crippen molar-refractivity contribution in [1.82, 2.24) is 4.98 Å². The third kappa shape index (κ3) is 3.69. The number of benzene rings is 1. The number of nitrogens with zero attached hydrogens (tertiary/aromatic N) is 1. The van der Waals surface area contributed by atoms with Crippen LogP contribution in [0.3, 0.4) is 0 Å². The minimum atomic E-state index is -0.938. The first kappa shape index (κ1) is 15.7. The average Bonchev–Trinajstić information content (AvgIpc) is 3.09. The first-order chi connectivity index (χ1) is 9.72. The summed E-state index contributed by atoms with van der Waals surface area (Å²) in [6, 6.07) is 10.7. The van der Waals surface area contributed by atoms with Crippen LogP contribution in [0.5, 0.6) is 0 Å². The molecule has 4 nitrogen and oxygen atoms in total. The molecule has 2 aromatic heterocycles. The highest BCUT2D eigenvalue weighted by Gasteiger charge is 2.07. The van der Waals surface area contributed by atoms with Crippen molar-refractivity contribution in [2.45, 2.75) is 0 Å². The van der Waals surface area contributed by atoms with Gasteiger partial charge in [0.2, 0.25) is 0 Å². The zero-order chi connectivity index (χ0) is 13.9. The molecule has 0 aliphatic heterocycles. The molecule has 21 heavy (non-hydrogen) atoms. The Balaban J connectivity index is 0.00000161. The van der Waals surface area contributed by atoms with Gasteiger partial charge in [-0.15, -0.1) is 39.7 Å². The summed E-state index contributed by atoms with van der Waals surface area (Å²) >= 11 is 3.13. The van der Waals surface area contributed by atoms with Crippen LogP contribution in [0, 0.1) is 0 Å². The molecule has 7 heteroatoms. The third-order valence-electron chi connectivity index (χ3n) is 2.64. The second kappa shape index (κ2) is 6.84. The van der Waals surface area contributed by atoms with Gasteiger partial charge in [-0.3, -0.25) is 0 Å². The number of hydrogen-bond donors (Lipinski definition) is 2. The highest BCUT2D eigenvalue weighted by molar-refractivity contribution is 8.93. The van der Waals surface area contributed by atoms with Crippen LogP contribution in [0.1, 0.15) is 10.4 Å². The van der Waals surface area contributed by atoms with Crippen LogP contribution in [-0.4, -0.2) is 16.1 Å². The van der Waals surface area contributed by atoms with E-state index in [9.17, 15) is 4.79 Å². The molecule has 108 valence electrons. The number of aromatic nitrogens is 1. The van der Waals surface area contributed by atoms with Crippen LogP contribution in [0.15, 0.2) is 47.2 Å². The van der Waals surface area contributed by atoms with E-state index in [1.807, 2.05) is 29.0 Å². The van der Waals surface area contributed by atoms with Crippen LogP contribution in [0.4, 0.5) is 10.8 Å². The minimum Gasteiger partial charge on any atom is -0.478 e. The van der Waals surface area contributed by atoms with Gasteiger partial charge in [-0.25, -0.2) is 9.78 Å². The quantitative estimate of drug-likeness (QED) is 0.673. The topological polar surface area (TPSA) is 62.2 Å². The van der Waals surface area contributed by atoms with E-state index < -0.39 is 5.97 Å². The van der Waals surface area contributed by atoms with Gasteiger partial charge in [-0.05, 0) is 29.6 Å². The zero-order valence-electron chi connectivity index (χ0n) is 10.6. The molecule has 0 fully saturated rings. The first-order valence-corrected chi connectivity index (χ1v) is 7.58. The standard InChI is InChI=1S/C14H10N2O2S2.BrH/c17-13(18)9-3-1-4-10(7-9)15-14-16-11(8-20-14)12-5-2-6-19-12;/h1-8H,(H,15,16)(H,17,18);1H. The number of thiazole rings is 1. The molecule has 0 unspecified atom stereocenters. The van der Waals surface area contributed by atoms with Crippen LogP contribution in [-0.2, 0) is 0 Å². The molecule has 0 radical (unpaired) electrons. The molecule has 3 rings (SSSR count). The fourth-order valence-corrected chi connectivity index (χ4v) is 3.21. The van der Waals surface area contributed by atoms with Crippen LogP contribution in [0.25, 0.3) is 10.6 Å². The maximum absolute atomic E-state index is 10.9. The van der Waals surface area contributed by atoms with Gasteiger partial charge in [-0.1, -0.05) is 12.1 Å². The molecule has 0 aliphatic rings. The van der Waals surface area contributed by atoms with E-state index in [2.05, 4.69) is 10.3 Å². The number of hydrogen-bond acceptors (Lipinski definition) is 5. The fourth-order valence-electron chi connectivity index (χ4n) is 1.72. The van der Waals surface area contributed by atoms with Gasteiger partial charge in [0.1, 0.15) is 0 Å². The van der Waals surface area contributed by atoms with Gasteiger partial charge in [0.05, 0.1) is 16.1 Å². The van der Waals surface area contributed by atoms with E-state index in [4.69, 9.17) is 5.11 Å². The highest BCUT2D eigenvalue weighted by atomic mass is 79.9. The molecule has 3 aromatic rings. The molecule has 0 bridgehead atoms. The van der Waals surface area contributed by atoms with Crippen molar-refractivity contribution < 1.29 is 9.90 Å². The second-order valence-electron chi connectivity index (χ2n) is 4.03. The largest absolute Gasteiger partial charge is 0.478 e. The van der Waals surface area contributed by atoms with Crippen molar-refractivity contribution >= 4 is 56.4 Å². The molecule has 0 saturated carbocycles. The number of nitrogens with one attached hydrogen (secondary N) is 1. The minimum absolute atomic E-state index is 0. The lowest BCUT2D eigenvalue weighted by Crippen LogP contribution is -1.97. The summed E-state index contributed by atoms with van der Waals surface area (Å²) < 4.78 is 0. The molecule has 2 N–H and O–H groups in total. The molecular formula is C14H11BrN2O2S2. The number of anilines is 2. The Morgan fingerprint density at radius 1 is 1.19 bits per heavy atom. The lowest BCUT2D eigenvalue weighted by atomic mass is 10.2. The summed E-state index contributed by atoms with van der Waals surface area (Å²) in [4.78, 5) is 16.5. The van der Waals surface area contributed by atoms with Crippen molar-refractivity contribution in [1.29, 1.82) is 0 Å². The first-order valence-electron chi connectivity index (χ1n) is 5.82. The van der Waals surface area contributed by atoms with Crippen molar-refractivity contribution in [2.75, 3.05) is 5.32 Å². The fraction of sp³-hybridized carbons (Fsp3) is 0. The molecule has 0 amide bonds. The van der Waals surface area contributed by atoms with Gasteiger partial charge >= 0.3 is 5.97 Å². The molecule has 0 aliphatic carbocycles. The lowest BCUT2D eigenvalue weighted by molar-refractivity contribution is 0.0697. The Bertz CT molecular complexity index is 741. The summed E-state index contributed by atoms with van der Waals surface area (Å²) in [6.45, 7) is 0. The monoisotopic (exact) mass is 382 g/mol. The van der Waals surface area contributed by atoms with Gasteiger partial charge in [0.15, 0.2) is 5.13 Å². The number of carboxylic acids is 1. The number of thiophene rings is 1. The molecule has 2 heterocycles. The molecular weight excluding hydrogens is 372 g/mol. The Morgan fingerprint density at radius 2 is 2.05 bits per heavy atom. The summed E-state index contributed by atoms with van der Waals surface area (Å²) in [7, 11) is 0. The Labute approximate surface area is 139 Å². The lowest BCUT2D eigenvalue weighted by Gasteiger charge is -2.03. The maximum Gasteiger partial charge on any atom is 0.335 e. The summed E-state index contributed by atoms with van der Waals surface area (Å²) in [5.41, 5.74) is 1.91. The van der Waals surface area contributed by atoms with E-state index in [-0.39, 0.29) is 22.5 Å². The Hall–Kier alpha value is -1.70. The predicted molar refractivity (Wildman–Crippen MR) is 92.4 cm³/mol. The van der Waals surface area contributed by atoms with E-state index in [0.29, 0.717) is 0 Å². The van der Waals surface area contributed by atoms with Gasteiger partial charge in [0.25, 0.3) is 0 Å². The second-order valence-corrected chi connectivity index (χ2v) is 5.83. The molecule has 0 spiro atoms. The normalized spacial score (nSPS) is 9.90. The summed E-state index contributed by atoms with van der Waals surface area (Å²) in [6.07, 6.45) is 0. The van der Waals surface area contributed by atoms with Crippen molar-refractivity contribution in [3.05, 3.63) is 52.7 Å². The number of carboxylic acid groups (broad SMARTS) is 1. The van der Waals surface area contributed by atoms with Crippen LogP contribution in [0.2, 0.25) is 0 Å². The average molecular weight is 383 g/mol. The van der Waals surface area contributed by atoms with Crippen molar-refractivity contribution in [3.8, 4) is 10.6 Å². The van der Waals surface area contributed by atoms with Crippen LogP contribution >= 0.6 is 39.7 Å². The SMILES string of the molecule is Br.O=C(O)c1cccc(Nc2nc(-c3cccs3)cs2)c1. The van der Waals surface area contributed by atoms with Gasteiger partial charge in [-0.2, -0.15) is 0 Å². The molecule has 0 saturated heterocycles. The molecule has 0 atom stereocenters. The summed E-state index contributed by atoms with van der Waals surface area (Å²) in [5, 5.41) is 16.8. The Kier molecular flexibility index (Phi) is 5.11. The predicted octanol–water partition coefficient (Wildman–Crippen LogP) is 4.89. The van der Waals surface area contributed by atoms with Crippen molar-refractivity contribution in [2.24, 2.45) is 0 Å². The Morgan fingerprint density at radius 3 is 2.76 bits per heavy atom. The number of rotatable bonds is 4. The van der Waals surface area contributed by atoms with Gasteiger partial charge < -0.3 is 10.4 Å². The summed E-state index contributed by atoms with van der Waals surface area (Å²) in [5.74, 6) is -0.938. The maximum atomic E-state index is 10.9. The number of carbonyl (C=O) groups is 1.